The second kappa shape index (κ2) is 6.45. The Morgan fingerprint density at radius 2 is 1.95 bits per heavy atom. The molecule has 0 aliphatic heterocycles. The van der Waals surface area contributed by atoms with E-state index in [-0.39, 0.29) is 17.1 Å². The molecule has 0 saturated carbocycles. The lowest BCUT2D eigenvalue weighted by atomic mass is 10.3. The molecule has 20 heavy (non-hydrogen) atoms. The predicted octanol–water partition coefficient (Wildman–Crippen LogP) is 2.62. The van der Waals surface area contributed by atoms with Gasteiger partial charge in [-0.25, -0.2) is 8.42 Å². The lowest BCUT2D eigenvalue weighted by molar-refractivity contribution is -0.136. The van der Waals surface area contributed by atoms with Gasteiger partial charge in [0.25, 0.3) is 0 Å². The molecule has 2 N–H and O–H groups in total. The molecule has 0 fully saturated rings. The van der Waals surface area contributed by atoms with E-state index in [1.807, 2.05) is 0 Å². The summed E-state index contributed by atoms with van der Waals surface area (Å²) in [5.74, 6) is 0. The molecule has 0 saturated heterocycles. The number of nitrogens with two attached hydrogens (primary N) is 1. The van der Waals surface area contributed by atoms with Gasteiger partial charge in [-0.15, -0.1) is 0 Å². The number of hydrogen-bond acceptors (Lipinski definition) is 3. The van der Waals surface area contributed by atoms with Crippen molar-refractivity contribution in [3.8, 4) is 0 Å². The van der Waals surface area contributed by atoms with Gasteiger partial charge in [0.2, 0.25) is 10.0 Å². The maximum absolute atomic E-state index is 12.5. The molecular formula is C12H17F3N2O2S. The van der Waals surface area contributed by atoms with Gasteiger partial charge in [-0.05, 0) is 24.6 Å². The van der Waals surface area contributed by atoms with Crippen molar-refractivity contribution in [2.45, 2.75) is 30.8 Å². The molecule has 0 radical (unpaired) electrons. The molecule has 1 aromatic carbocycles. The maximum atomic E-state index is 12.5. The van der Waals surface area contributed by atoms with Crippen LogP contribution in [0, 0.1) is 0 Å². The lowest BCUT2D eigenvalue weighted by Crippen LogP contribution is -2.39. The molecule has 1 rings (SSSR count). The Bertz CT molecular complexity index is 544. The third-order valence-corrected chi connectivity index (χ3v) is 4.45. The number of nitrogens with zero attached hydrogens (tertiary/aromatic N) is 1. The Morgan fingerprint density at radius 3 is 2.45 bits per heavy atom. The van der Waals surface area contributed by atoms with E-state index in [0.29, 0.717) is 17.1 Å². The molecule has 0 atom stereocenters. The average Bonchev–Trinajstić information content (AvgIpc) is 2.33. The fraction of sp³-hybridized carbons (Fsp3) is 0.500. The topological polar surface area (TPSA) is 63.4 Å². The van der Waals surface area contributed by atoms with E-state index < -0.39 is 22.7 Å². The number of nitrogen functional groups attached to an aromatic ring is 1. The second-order valence-corrected chi connectivity index (χ2v) is 6.32. The van der Waals surface area contributed by atoms with Crippen LogP contribution in [0.3, 0.4) is 0 Å². The fourth-order valence-electron chi connectivity index (χ4n) is 1.64. The highest BCUT2D eigenvalue weighted by Gasteiger charge is 2.36. The zero-order valence-electron chi connectivity index (χ0n) is 11.0. The first-order valence-corrected chi connectivity index (χ1v) is 7.53. The van der Waals surface area contributed by atoms with Gasteiger partial charge in [0, 0.05) is 12.2 Å². The number of rotatable bonds is 6. The summed E-state index contributed by atoms with van der Waals surface area (Å²) in [5.41, 5.74) is 5.67. The number of benzene rings is 1. The van der Waals surface area contributed by atoms with Crippen LogP contribution in [0.5, 0.6) is 0 Å². The number of halogens is 3. The van der Waals surface area contributed by atoms with Crippen molar-refractivity contribution in [1.29, 1.82) is 0 Å². The molecule has 0 aliphatic carbocycles. The van der Waals surface area contributed by atoms with Crippen LogP contribution in [-0.4, -0.2) is 32.0 Å². The SMILES string of the molecule is CCCCN(CC(F)(F)F)S(=O)(=O)c1cccc(N)c1. The van der Waals surface area contributed by atoms with Crippen molar-refractivity contribution in [2.75, 3.05) is 18.8 Å². The predicted molar refractivity (Wildman–Crippen MR) is 70.6 cm³/mol. The summed E-state index contributed by atoms with van der Waals surface area (Å²) in [5, 5.41) is 0. The van der Waals surface area contributed by atoms with Gasteiger partial charge in [0.1, 0.15) is 6.54 Å². The number of anilines is 1. The Morgan fingerprint density at radius 1 is 1.30 bits per heavy atom. The summed E-state index contributed by atoms with van der Waals surface area (Å²) in [6.07, 6.45) is -3.63. The van der Waals surface area contributed by atoms with Crippen molar-refractivity contribution in [3.05, 3.63) is 24.3 Å². The minimum atomic E-state index is -4.58. The Balaban J connectivity index is 3.10. The standard InChI is InChI=1S/C12H17F3N2O2S/c1-2-3-7-17(9-12(13,14)15)20(18,19)11-6-4-5-10(16)8-11/h4-6,8H,2-3,7,9,16H2,1H3. The summed E-state index contributed by atoms with van der Waals surface area (Å²) in [6.45, 7) is 0.107. The summed E-state index contributed by atoms with van der Waals surface area (Å²) in [7, 11) is -4.20. The lowest BCUT2D eigenvalue weighted by Gasteiger charge is -2.23. The summed E-state index contributed by atoms with van der Waals surface area (Å²) in [6, 6.07) is 5.26. The molecule has 0 heterocycles. The quantitative estimate of drug-likeness (QED) is 0.822. The fourth-order valence-corrected chi connectivity index (χ4v) is 3.16. The zero-order valence-corrected chi connectivity index (χ0v) is 11.8. The molecule has 0 aliphatic rings. The van der Waals surface area contributed by atoms with Crippen LogP contribution >= 0.6 is 0 Å². The van der Waals surface area contributed by atoms with Crippen molar-refractivity contribution >= 4 is 15.7 Å². The second-order valence-electron chi connectivity index (χ2n) is 4.38. The molecule has 1 aromatic rings. The summed E-state index contributed by atoms with van der Waals surface area (Å²) < 4.78 is 62.5. The third-order valence-electron chi connectivity index (χ3n) is 2.61. The molecule has 0 bridgehead atoms. The van der Waals surface area contributed by atoms with Crippen molar-refractivity contribution < 1.29 is 21.6 Å². The average molecular weight is 310 g/mol. The van der Waals surface area contributed by atoms with Crippen LogP contribution in [0.1, 0.15) is 19.8 Å². The number of alkyl halides is 3. The Labute approximate surface area is 116 Å². The third kappa shape index (κ3) is 4.68. The number of unbranched alkanes of at least 4 members (excludes halogenated alkanes) is 1. The minimum absolute atomic E-state index is 0.173. The van der Waals surface area contributed by atoms with Crippen LogP contribution in [0.15, 0.2) is 29.2 Å². The first-order valence-electron chi connectivity index (χ1n) is 6.09. The molecule has 0 unspecified atom stereocenters. The van der Waals surface area contributed by atoms with Crippen molar-refractivity contribution in [2.24, 2.45) is 0 Å². The molecule has 8 heteroatoms. The summed E-state index contributed by atoms with van der Waals surface area (Å²) >= 11 is 0. The summed E-state index contributed by atoms with van der Waals surface area (Å²) in [4.78, 5) is -0.224. The maximum Gasteiger partial charge on any atom is 0.402 e. The van der Waals surface area contributed by atoms with Gasteiger partial charge in [-0.2, -0.15) is 17.5 Å². The van der Waals surface area contributed by atoms with Crippen molar-refractivity contribution in [1.82, 2.24) is 4.31 Å². The van der Waals surface area contributed by atoms with Crippen molar-refractivity contribution in [3.63, 3.8) is 0 Å². The van der Waals surface area contributed by atoms with E-state index in [2.05, 4.69) is 0 Å². The van der Waals surface area contributed by atoms with E-state index in [4.69, 9.17) is 5.73 Å². The molecular weight excluding hydrogens is 293 g/mol. The molecule has 0 spiro atoms. The van der Waals surface area contributed by atoms with Crippen LogP contribution in [-0.2, 0) is 10.0 Å². The highest BCUT2D eigenvalue weighted by Crippen LogP contribution is 2.24. The van der Waals surface area contributed by atoms with Crippen LogP contribution < -0.4 is 5.73 Å². The number of hydrogen-bond donors (Lipinski definition) is 1. The van der Waals surface area contributed by atoms with Gasteiger partial charge in [-0.1, -0.05) is 19.4 Å². The number of sulfonamides is 1. The van der Waals surface area contributed by atoms with E-state index >= 15 is 0 Å². The minimum Gasteiger partial charge on any atom is -0.399 e. The first kappa shape index (κ1) is 16.8. The highest BCUT2D eigenvalue weighted by atomic mass is 32.2. The van der Waals surface area contributed by atoms with Crippen LogP contribution in [0.25, 0.3) is 0 Å². The Hall–Kier alpha value is -1.28. The van der Waals surface area contributed by atoms with E-state index in [0.717, 1.165) is 6.07 Å². The van der Waals surface area contributed by atoms with E-state index in [1.165, 1.54) is 18.2 Å². The van der Waals surface area contributed by atoms with Gasteiger partial charge in [0.05, 0.1) is 4.90 Å². The largest absolute Gasteiger partial charge is 0.402 e. The van der Waals surface area contributed by atoms with Gasteiger partial charge >= 0.3 is 6.18 Å². The van der Waals surface area contributed by atoms with Gasteiger partial charge < -0.3 is 5.73 Å². The van der Waals surface area contributed by atoms with Crippen LogP contribution in [0.2, 0.25) is 0 Å². The molecule has 114 valence electrons. The van der Waals surface area contributed by atoms with E-state index in [1.54, 1.807) is 6.92 Å². The smallest absolute Gasteiger partial charge is 0.399 e. The van der Waals surface area contributed by atoms with E-state index in [9.17, 15) is 21.6 Å². The Kier molecular flexibility index (Phi) is 5.41. The highest BCUT2D eigenvalue weighted by molar-refractivity contribution is 7.89. The monoisotopic (exact) mass is 310 g/mol. The van der Waals surface area contributed by atoms with Gasteiger partial charge in [-0.3, -0.25) is 0 Å². The first-order chi connectivity index (χ1) is 9.16. The van der Waals surface area contributed by atoms with Crippen LogP contribution in [0.4, 0.5) is 18.9 Å². The molecule has 0 aromatic heterocycles. The molecule has 4 nitrogen and oxygen atoms in total. The molecule has 0 amide bonds. The van der Waals surface area contributed by atoms with Gasteiger partial charge in [0.15, 0.2) is 0 Å². The zero-order chi connectivity index (χ0) is 15.4. The normalized spacial score (nSPS) is 12.8.